The molecule has 4 nitrogen and oxygen atoms in total. The van der Waals surface area contributed by atoms with Crippen LogP contribution in [-0.4, -0.2) is 24.1 Å². The lowest BCUT2D eigenvalue weighted by Crippen LogP contribution is -2.53. The van der Waals surface area contributed by atoms with E-state index < -0.39 is 0 Å². The summed E-state index contributed by atoms with van der Waals surface area (Å²) in [4.78, 5) is 23.7. The minimum atomic E-state index is -0.316. The van der Waals surface area contributed by atoms with E-state index in [1.54, 1.807) is 0 Å². The molecule has 0 unspecified atom stereocenters. The van der Waals surface area contributed by atoms with Crippen LogP contribution in [0.25, 0.3) is 0 Å². The van der Waals surface area contributed by atoms with Gasteiger partial charge in [-0.05, 0) is 103 Å². The van der Waals surface area contributed by atoms with Crippen molar-refractivity contribution in [3.63, 3.8) is 0 Å². The van der Waals surface area contributed by atoms with Crippen molar-refractivity contribution >= 4 is 11.9 Å². The fraction of sp³-hybridized carbons (Fsp3) is 0.923. The first-order valence-corrected chi connectivity index (χ1v) is 12.4. The van der Waals surface area contributed by atoms with Crippen LogP contribution in [0.3, 0.4) is 0 Å². The summed E-state index contributed by atoms with van der Waals surface area (Å²) in [6.07, 6.45) is 11.3. The predicted octanol–water partition coefficient (Wildman–Crippen LogP) is 6.70. The highest BCUT2D eigenvalue weighted by Gasteiger charge is 2.53. The normalized spacial score (nSPS) is 29.8. The number of hydrogen-bond donors (Lipinski definition) is 0. The van der Waals surface area contributed by atoms with E-state index in [1.807, 2.05) is 34.6 Å². The maximum atomic E-state index is 12.4. The Labute approximate surface area is 184 Å². The van der Waals surface area contributed by atoms with Crippen LogP contribution >= 0.6 is 0 Å². The maximum absolute atomic E-state index is 12.4. The molecule has 0 radical (unpaired) electrons. The molecule has 0 atom stereocenters. The van der Waals surface area contributed by atoms with Crippen LogP contribution in [0.2, 0.25) is 0 Å². The molecule has 0 aromatic carbocycles. The van der Waals surface area contributed by atoms with Crippen LogP contribution in [0.4, 0.5) is 0 Å². The van der Waals surface area contributed by atoms with Crippen molar-refractivity contribution in [1.82, 2.24) is 0 Å². The third kappa shape index (κ3) is 6.23. The minimum absolute atomic E-state index is 0.0342. The Hall–Kier alpha value is -1.06. The van der Waals surface area contributed by atoms with Crippen molar-refractivity contribution in [3.8, 4) is 0 Å². The average Bonchev–Trinajstić information content (AvgIpc) is 2.67. The van der Waals surface area contributed by atoms with Gasteiger partial charge in [-0.15, -0.1) is 0 Å². The number of hydrogen-bond acceptors (Lipinski definition) is 4. The lowest BCUT2D eigenvalue weighted by molar-refractivity contribution is -0.196. The Balaban J connectivity index is 0.000000235. The van der Waals surface area contributed by atoms with E-state index in [0.29, 0.717) is 6.61 Å². The monoisotopic (exact) mass is 422 g/mol. The van der Waals surface area contributed by atoms with Gasteiger partial charge in [-0.3, -0.25) is 9.59 Å². The molecular formula is C26H46O4. The van der Waals surface area contributed by atoms with Crippen LogP contribution in [0.1, 0.15) is 113 Å². The first-order chi connectivity index (χ1) is 14.0. The van der Waals surface area contributed by atoms with Crippen molar-refractivity contribution < 1.29 is 19.1 Å². The predicted molar refractivity (Wildman–Crippen MR) is 121 cm³/mol. The highest BCUT2D eigenvalue weighted by atomic mass is 16.6. The first kappa shape index (κ1) is 25.2. The number of unbranched alkanes of at least 4 members (excludes halogenated alkanes) is 1. The maximum Gasteiger partial charge on any atom is 0.312 e. The van der Waals surface area contributed by atoms with E-state index in [0.717, 1.165) is 62.7 Å². The largest absolute Gasteiger partial charge is 0.465 e. The first-order valence-electron chi connectivity index (χ1n) is 12.4. The van der Waals surface area contributed by atoms with Gasteiger partial charge in [0.05, 0.1) is 17.4 Å². The van der Waals surface area contributed by atoms with Crippen molar-refractivity contribution in [2.75, 3.05) is 6.61 Å². The van der Waals surface area contributed by atoms with Gasteiger partial charge in [-0.2, -0.15) is 0 Å². The van der Waals surface area contributed by atoms with Gasteiger partial charge >= 0.3 is 11.9 Å². The van der Waals surface area contributed by atoms with Gasteiger partial charge in [0.25, 0.3) is 0 Å². The van der Waals surface area contributed by atoms with Gasteiger partial charge in [0.2, 0.25) is 0 Å². The third-order valence-electron chi connectivity index (χ3n) is 7.90. The molecule has 4 bridgehead atoms. The molecule has 0 heterocycles. The van der Waals surface area contributed by atoms with E-state index >= 15 is 0 Å². The standard InChI is InChI=1S/C16H26O2.C10H20O2/c1-4-15(2,3)14(17)18-16-8-11-5-12(9-16)7-13(6-11)10-16;1-5-7-8-12-9(11)10(3,4)6-2/h11-13H,4-10H2,1-3H3;5-8H2,1-4H3. The molecule has 4 rings (SSSR count). The van der Waals surface area contributed by atoms with E-state index in [-0.39, 0.29) is 28.4 Å². The van der Waals surface area contributed by atoms with Gasteiger partial charge < -0.3 is 9.47 Å². The van der Waals surface area contributed by atoms with Crippen LogP contribution in [-0.2, 0) is 19.1 Å². The van der Waals surface area contributed by atoms with Crippen LogP contribution < -0.4 is 0 Å². The van der Waals surface area contributed by atoms with Gasteiger partial charge in [-0.1, -0.05) is 27.2 Å². The quantitative estimate of drug-likeness (QED) is 0.322. The molecule has 0 spiro atoms. The van der Waals surface area contributed by atoms with Gasteiger partial charge in [-0.25, -0.2) is 0 Å². The Bertz CT molecular complexity index is 555. The summed E-state index contributed by atoms with van der Waals surface area (Å²) in [5.41, 5.74) is -0.699. The summed E-state index contributed by atoms with van der Waals surface area (Å²) in [5, 5.41) is 0. The summed E-state index contributed by atoms with van der Waals surface area (Å²) >= 11 is 0. The minimum Gasteiger partial charge on any atom is -0.465 e. The molecular weight excluding hydrogens is 376 g/mol. The smallest absolute Gasteiger partial charge is 0.312 e. The number of carbonyl (C=O) groups is 2. The van der Waals surface area contributed by atoms with Crippen molar-refractivity contribution in [2.45, 2.75) is 118 Å². The molecule has 0 aliphatic heterocycles. The molecule has 0 aromatic rings. The van der Waals surface area contributed by atoms with E-state index in [1.165, 1.54) is 19.3 Å². The van der Waals surface area contributed by atoms with Crippen LogP contribution in [0, 0.1) is 28.6 Å². The zero-order valence-corrected chi connectivity index (χ0v) is 20.6. The summed E-state index contributed by atoms with van der Waals surface area (Å²) in [6, 6.07) is 0. The fourth-order valence-electron chi connectivity index (χ4n) is 5.28. The zero-order chi connectivity index (χ0) is 22.6. The van der Waals surface area contributed by atoms with Gasteiger partial charge in [0.15, 0.2) is 0 Å². The zero-order valence-electron chi connectivity index (χ0n) is 20.6. The Kier molecular flexibility index (Phi) is 8.43. The van der Waals surface area contributed by atoms with E-state index in [2.05, 4.69) is 13.8 Å². The molecule has 4 fully saturated rings. The molecule has 4 aliphatic carbocycles. The number of carbonyl (C=O) groups excluding carboxylic acids is 2. The van der Waals surface area contributed by atoms with Crippen LogP contribution in [0.5, 0.6) is 0 Å². The second-order valence-electron chi connectivity index (χ2n) is 11.5. The molecule has 174 valence electrons. The summed E-state index contributed by atoms with van der Waals surface area (Å²) in [5.74, 6) is 2.49. The molecule has 0 amide bonds. The third-order valence-corrected chi connectivity index (χ3v) is 7.90. The number of esters is 2. The van der Waals surface area contributed by atoms with E-state index in [4.69, 9.17) is 9.47 Å². The Morgan fingerprint density at radius 1 is 0.800 bits per heavy atom. The molecule has 4 saturated carbocycles. The highest BCUT2D eigenvalue weighted by molar-refractivity contribution is 5.76. The lowest BCUT2D eigenvalue weighted by atomic mass is 9.54. The summed E-state index contributed by atoms with van der Waals surface area (Å²) in [7, 11) is 0. The second-order valence-corrected chi connectivity index (χ2v) is 11.5. The van der Waals surface area contributed by atoms with Crippen molar-refractivity contribution in [3.05, 3.63) is 0 Å². The molecule has 0 N–H and O–H groups in total. The number of rotatable bonds is 8. The summed E-state index contributed by atoms with van der Waals surface area (Å²) < 4.78 is 11.2. The number of ether oxygens (including phenoxy) is 2. The van der Waals surface area contributed by atoms with E-state index in [9.17, 15) is 9.59 Å². The fourth-order valence-corrected chi connectivity index (χ4v) is 5.28. The topological polar surface area (TPSA) is 52.6 Å². The second kappa shape index (κ2) is 10.0. The molecule has 0 saturated heterocycles. The Morgan fingerprint density at radius 3 is 1.63 bits per heavy atom. The van der Waals surface area contributed by atoms with Crippen molar-refractivity contribution in [1.29, 1.82) is 0 Å². The molecule has 30 heavy (non-hydrogen) atoms. The molecule has 4 heteroatoms. The highest BCUT2D eigenvalue weighted by Crippen LogP contribution is 2.57. The lowest BCUT2D eigenvalue weighted by Gasteiger charge is -2.56. The van der Waals surface area contributed by atoms with Crippen LogP contribution in [0.15, 0.2) is 0 Å². The average molecular weight is 423 g/mol. The molecule has 0 aromatic heterocycles. The van der Waals surface area contributed by atoms with Gasteiger partial charge in [0.1, 0.15) is 5.60 Å². The summed E-state index contributed by atoms with van der Waals surface area (Å²) in [6.45, 7) is 14.6. The van der Waals surface area contributed by atoms with Gasteiger partial charge in [0, 0.05) is 0 Å². The Morgan fingerprint density at radius 2 is 1.23 bits per heavy atom. The SMILES string of the molecule is CCC(C)(C)C(=O)OC12CC3CC(CC(C3)C1)C2.CCCCOC(=O)C(C)(C)CC. The van der Waals surface area contributed by atoms with Crippen molar-refractivity contribution in [2.24, 2.45) is 28.6 Å². The molecule has 4 aliphatic rings.